The second-order valence-electron chi connectivity index (χ2n) is 4.39. The third-order valence-electron chi connectivity index (χ3n) is 3.05. The highest BCUT2D eigenvalue weighted by Gasteiger charge is 2.25. The molecule has 0 bridgehead atoms. The van der Waals surface area contributed by atoms with Crippen LogP contribution in [0, 0.1) is 5.92 Å². The van der Waals surface area contributed by atoms with E-state index in [9.17, 15) is 0 Å². The monoisotopic (exact) mass is 195 g/mol. The summed E-state index contributed by atoms with van der Waals surface area (Å²) in [6, 6.07) is 0. The summed E-state index contributed by atoms with van der Waals surface area (Å²) in [6.07, 6.45) is 4.96. The summed E-state index contributed by atoms with van der Waals surface area (Å²) >= 11 is 0. The number of rotatable bonds is 4. The van der Waals surface area contributed by atoms with Gasteiger partial charge in [0.2, 0.25) is 0 Å². The molecule has 0 radical (unpaired) electrons. The third-order valence-corrected chi connectivity index (χ3v) is 3.05. The Bertz CT molecular complexity index is 191. The van der Waals surface area contributed by atoms with Gasteiger partial charge in [-0.05, 0) is 25.7 Å². The van der Waals surface area contributed by atoms with Crippen LogP contribution < -0.4 is 0 Å². The molecule has 1 aliphatic heterocycles. The maximum Gasteiger partial charge on any atom is 0.0850 e. The summed E-state index contributed by atoms with van der Waals surface area (Å²) in [4.78, 5) is 9.22. The van der Waals surface area contributed by atoms with Gasteiger partial charge in [0.05, 0.1) is 6.34 Å². The smallest absolute Gasteiger partial charge is 0.0850 e. The van der Waals surface area contributed by atoms with E-state index in [1.54, 1.807) is 0 Å². The van der Waals surface area contributed by atoms with E-state index in [0.29, 0.717) is 0 Å². The zero-order chi connectivity index (χ0) is 9.80. The van der Waals surface area contributed by atoms with Gasteiger partial charge in [-0.25, -0.2) is 0 Å². The lowest BCUT2D eigenvalue weighted by Crippen LogP contribution is -2.46. The number of nitrogens with zero attached hydrogens (tertiary/aromatic N) is 3. The van der Waals surface area contributed by atoms with Crippen molar-refractivity contribution < 1.29 is 0 Å². The van der Waals surface area contributed by atoms with Crippen molar-refractivity contribution in [1.29, 1.82) is 0 Å². The molecule has 2 rings (SSSR count). The first-order valence-corrected chi connectivity index (χ1v) is 5.85. The van der Waals surface area contributed by atoms with E-state index in [1.165, 1.54) is 32.5 Å². The summed E-state index contributed by atoms with van der Waals surface area (Å²) in [5, 5.41) is 0. The summed E-state index contributed by atoms with van der Waals surface area (Å²) in [5.41, 5.74) is 0. The van der Waals surface area contributed by atoms with Gasteiger partial charge in [-0.2, -0.15) is 0 Å². The van der Waals surface area contributed by atoms with Crippen molar-refractivity contribution in [2.75, 3.05) is 39.3 Å². The molecular formula is C11H21N3. The average Bonchev–Trinajstić information content (AvgIpc) is 3.01. The van der Waals surface area contributed by atoms with Gasteiger partial charge in [0, 0.05) is 39.3 Å². The molecule has 0 unspecified atom stereocenters. The third kappa shape index (κ3) is 2.98. The average molecular weight is 195 g/mol. The Hall–Kier alpha value is -0.570. The zero-order valence-corrected chi connectivity index (χ0v) is 9.15. The summed E-state index contributed by atoms with van der Waals surface area (Å²) in [6.45, 7) is 9.12. The second kappa shape index (κ2) is 4.78. The van der Waals surface area contributed by atoms with Crippen LogP contribution in [0.5, 0.6) is 0 Å². The second-order valence-corrected chi connectivity index (χ2v) is 4.39. The zero-order valence-electron chi connectivity index (χ0n) is 9.15. The number of aliphatic imine (C=N–C) groups is 1. The Morgan fingerprint density at radius 3 is 2.50 bits per heavy atom. The predicted octanol–water partition coefficient (Wildman–Crippen LogP) is 1.06. The standard InChI is InChI=1S/C11H21N3/c1-2-12-10-14-7-5-13(6-8-14)9-11-3-4-11/h10-11H,2-9H2,1H3. The van der Waals surface area contributed by atoms with Crippen molar-refractivity contribution in [1.82, 2.24) is 9.80 Å². The van der Waals surface area contributed by atoms with Crippen LogP contribution in [0.4, 0.5) is 0 Å². The molecule has 1 aliphatic carbocycles. The van der Waals surface area contributed by atoms with Gasteiger partial charge in [-0.1, -0.05) is 0 Å². The lowest BCUT2D eigenvalue weighted by molar-refractivity contribution is 0.179. The van der Waals surface area contributed by atoms with Crippen LogP contribution in [0.2, 0.25) is 0 Å². The Morgan fingerprint density at radius 1 is 1.21 bits per heavy atom. The molecular weight excluding hydrogens is 174 g/mol. The van der Waals surface area contributed by atoms with Gasteiger partial charge >= 0.3 is 0 Å². The Labute approximate surface area is 86.8 Å². The molecule has 0 aromatic heterocycles. The molecule has 1 saturated heterocycles. The van der Waals surface area contributed by atoms with Gasteiger partial charge < -0.3 is 4.90 Å². The van der Waals surface area contributed by atoms with E-state index in [-0.39, 0.29) is 0 Å². The van der Waals surface area contributed by atoms with Crippen molar-refractivity contribution in [2.45, 2.75) is 19.8 Å². The minimum atomic E-state index is 0.905. The van der Waals surface area contributed by atoms with Crippen molar-refractivity contribution in [3.63, 3.8) is 0 Å². The van der Waals surface area contributed by atoms with Crippen LogP contribution in [0.15, 0.2) is 4.99 Å². The molecule has 0 amide bonds. The SMILES string of the molecule is CCN=CN1CCN(CC2CC2)CC1. The van der Waals surface area contributed by atoms with E-state index in [0.717, 1.165) is 25.6 Å². The van der Waals surface area contributed by atoms with Crippen LogP contribution in [0.25, 0.3) is 0 Å². The molecule has 0 spiro atoms. The molecule has 0 aromatic carbocycles. The Kier molecular flexibility index (Phi) is 3.40. The minimum Gasteiger partial charge on any atom is -0.360 e. The molecule has 2 aliphatic rings. The van der Waals surface area contributed by atoms with Gasteiger partial charge in [0.25, 0.3) is 0 Å². The molecule has 14 heavy (non-hydrogen) atoms. The molecule has 0 atom stereocenters. The van der Waals surface area contributed by atoms with Crippen molar-refractivity contribution >= 4 is 6.34 Å². The fourth-order valence-electron chi connectivity index (χ4n) is 1.92. The summed E-state index contributed by atoms with van der Waals surface area (Å²) in [5.74, 6) is 1.03. The fraction of sp³-hybridized carbons (Fsp3) is 0.909. The van der Waals surface area contributed by atoms with E-state index in [2.05, 4.69) is 21.7 Å². The predicted molar refractivity (Wildman–Crippen MR) is 59.8 cm³/mol. The largest absolute Gasteiger partial charge is 0.360 e. The minimum absolute atomic E-state index is 0.905. The lowest BCUT2D eigenvalue weighted by atomic mass is 10.3. The van der Waals surface area contributed by atoms with Crippen molar-refractivity contribution in [3.05, 3.63) is 0 Å². The molecule has 0 N–H and O–H groups in total. The normalized spacial score (nSPS) is 24.8. The quantitative estimate of drug-likeness (QED) is 0.493. The molecule has 3 heteroatoms. The molecule has 3 nitrogen and oxygen atoms in total. The molecule has 0 aromatic rings. The van der Waals surface area contributed by atoms with E-state index in [4.69, 9.17) is 0 Å². The van der Waals surface area contributed by atoms with Crippen LogP contribution in [0.3, 0.4) is 0 Å². The topological polar surface area (TPSA) is 18.8 Å². The summed E-state index contributed by atoms with van der Waals surface area (Å²) < 4.78 is 0. The maximum atomic E-state index is 4.28. The first kappa shape index (κ1) is 9.97. The van der Waals surface area contributed by atoms with E-state index in [1.807, 2.05) is 6.34 Å². The van der Waals surface area contributed by atoms with Gasteiger partial charge in [0.15, 0.2) is 0 Å². The Balaban J connectivity index is 1.66. The first-order chi connectivity index (χ1) is 6.88. The van der Waals surface area contributed by atoms with E-state index < -0.39 is 0 Å². The summed E-state index contributed by atoms with van der Waals surface area (Å²) in [7, 11) is 0. The number of piperazine rings is 1. The lowest BCUT2D eigenvalue weighted by Gasteiger charge is -2.33. The van der Waals surface area contributed by atoms with Gasteiger partial charge in [-0.3, -0.25) is 9.89 Å². The fourth-order valence-corrected chi connectivity index (χ4v) is 1.92. The van der Waals surface area contributed by atoms with Crippen LogP contribution in [-0.4, -0.2) is 55.4 Å². The number of hydrogen-bond donors (Lipinski definition) is 0. The van der Waals surface area contributed by atoms with E-state index >= 15 is 0 Å². The Morgan fingerprint density at radius 2 is 1.93 bits per heavy atom. The highest BCUT2D eigenvalue weighted by atomic mass is 15.3. The highest BCUT2D eigenvalue weighted by molar-refractivity contribution is 5.54. The molecule has 80 valence electrons. The van der Waals surface area contributed by atoms with Gasteiger partial charge in [0.1, 0.15) is 0 Å². The maximum absolute atomic E-state index is 4.28. The molecule has 2 fully saturated rings. The molecule has 1 heterocycles. The molecule has 1 saturated carbocycles. The van der Waals surface area contributed by atoms with Crippen molar-refractivity contribution in [3.8, 4) is 0 Å². The van der Waals surface area contributed by atoms with Crippen molar-refractivity contribution in [2.24, 2.45) is 10.9 Å². The van der Waals surface area contributed by atoms with Crippen LogP contribution in [-0.2, 0) is 0 Å². The number of hydrogen-bond acceptors (Lipinski definition) is 2. The highest BCUT2D eigenvalue weighted by Crippen LogP contribution is 2.29. The van der Waals surface area contributed by atoms with Gasteiger partial charge in [-0.15, -0.1) is 0 Å². The van der Waals surface area contributed by atoms with Crippen LogP contribution in [0.1, 0.15) is 19.8 Å². The van der Waals surface area contributed by atoms with Crippen LogP contribution >= 0.6 is 0 Å². The first-order valence-electron chi connectivity index (χ1n) is 5.85.